The number of hydrogen-bond acceptors (Lipinski definition) is 4. The lowest BCUT2D eigenvalue weighted by atomic mass is 10.2. The van der Waals surface area contributed by atoms with E-state index in [4.69, 9.17) is 15.7 Å². The first-order valence-corrected chi connectivity index (χ1v) is 6.03. The van der Waals surface area contributed by atoms with E-state index >= 15 is 0 Å². The topological polar surface area (TPSA) is 71.9 Å². The van der Waals surface area contributed by atoms with Crippen LogP contribution in [0.25, 0.3) is 0 Å². The third-order valence-electron chi connectivity index (χ3n) is 2.25. The van der Waals surface area contributed by atoms with Gasteiger partial charge in [0.15, 0.2) is 0 Å². The van der Waals surface area contributed by atoms with E-state index in [0.717, 1.165) is 10.0 Å². The Labute approximate surface area is 113 Å². The first kappa shape index (κ1) is 12.4. The number of hydrogen-bond donors (Lipinski definition) is 1. The van der Waals surface area contributed by atoms with Crippen molar-refractivity contribution in [2.75, 3.05) is 5.73 Å². The normalized spacial score (nSPS) is 9.78. The fourth-order valence-electron chi connectivity index (χ4n) is 1.38. The van der Waals surface area contributed by atoms with Crippen LogP contribution in [0.3, 0.4) is 0 Å². The van der Waals surface area contributed by atoms with Gasteiger partial charge in [0, 0.05) is 18.0 Å². The number of halogens is 1. The fourth-order valence-corrected chi connectivity index (χ4v) is 1.86. The summed E-state index contributed by atoms with van der Waals surface area (Å²) >= 11 is 3.37. The predicted molar refractivity (Wildman–Crippen MR) is 72.2 cm³/mol. The van der Waals surface area contributed by atoms with Crippen molar-refractivity contribution in [1.82, 2.24) is 4.98 Å². The summed E-state index contributed by atoms with van der Waals surface area (Å²) in [5.41, 5.74) is 7.16. The van der Waals surface area contributed by atoms with Gasteiger partial charge < -0.3 is 10.5 Å². The zero-order valence-corrected chi connectivity index (χ0v) is 11.0. The lowest BCUT2D eigenvalue weighted by Gasteiger charge is -2.07. The van der Waals surface area contributed by atoms with E-state index in [-0.39, 0.29) is 0 Å². The summed E-state index contributed by atoms with van der Waals surface area (Å²) in [5, 5.41) is 8.56. The molecule has 4 nitrogen and oxygen atoms in total. The molecule has 2 N–H and O–H groups in total. The van der Waals surface area contributed by atoms with Crippen LogP contribution in [0.2, 0.25) is 0 Å². The molecule has 0 radical (unpaired) electrons. The van der Waals surface area contributed by atoms with Crippen LogP contribution >= 0.6 is 15.9 Å². The van der Waals surface area contributed by atoms with Crippen molar-refractivity contribution in [1.29, 1.82) is 5.26 Å². The minimum atomic E-state index is 0.346. The van der Waals surface area contributed by atoms with Gasteiger partial charge in [0.2, 0.25) is 5.88 Å². The second-order valence-electron chi connectivity index (χ2n) is 3.63. The van der Waals surface area contributed by atoms with Crippen molar-refractivity contribution in [2.45, 2.75) is 6.42 Å². The van der Waals surface area contributed by atoms with E-state index in [0.29, 0.717) is 23.7 Å². The number of ether oxygens (including phenoxy) is 1. The van der Waals surface area contributed by atoms with E-state index in [1.807, 2.05) is 6.07 Å². The van der Waals surface area contributed by atoms with Gasteiger partial charge in [-0.3, -0.25) is 0 Å². The highest BCUT2D eigenvalue weighted by atomic mass is 79.9. The number of pyridine rings is 1. The molecule has 0 aliphatic rings. The third-order valence-corrected chi connectivity index (χ3v) is 2.87. The number of nitrogens with two attached hydrogens (primary N) is 1. The average molecular weight is 304 g/mol. The van der Waals surface area contributed by atoms with Crippen LogP contribution in [-0.2, 0) is 6.42 Å². The molecule has 2 rings (SSSR count). The van der Waals surface area contributed by atoms with Crippen molar-refractivity contribution in [3.8, 4) is 17.7 Å². The Morgan fingerprint density at radius 2 is 2.17 bits per heavy atom. The summed E-state index contributed by atoms with van der Waals surface area (Å²) in [4.78, 5) is 4.13. The van der Waals surface area contributed by atoms with Crippen LogP contribution in [0.5, 0.6) is 11.6 Å². The Morgan fingerprint density at radius 3 is 2.78 bits per heavy atom. The van der Waals surface area contributed by atoms with E-state index in [2.05, 4.69) is 27.0 Å². The molecule has 1 aromatic carbocycles. The molecule has 0 saturated carbocycles. The quantitative estimate of drug-likeness (QED) is 0.883. The van der Waals surface area contributed by atoms with Gasteiger partial charge in [0.1, 0.15) is 5.75 Å². The second kappa shape index (κ2) is 5.52. The molecule has 5 heteroatoms. The molecular formula is C13H10BrN3O. The standard InChI is InChI=1S/C13H10BrN3O/c14-11-7-10(16)2-3-12(11)18-13-4-1-9(5-6-15)8-17-13/h1-4,7-8H,5,16H2. The van der Waals surface area contributed by atoms with Crippen molar-refractivity contribution in [3.63, 3.8) is 0 Å². The smallest absolute Gasteiger partial charge is 0.219 e. The number of nitrogens with zero attached hydrogens (tertiary/aromatic N) is 2. The molecule has 0 spiro atoms. The molecule has 2 aromatic rings. The van der Waals surface area contributed by atoms with Gasteiger partial charge in [-0.2, -0.15) is 5.26 Å². The first-order chi connectivity index (χ1) is 8.69. The molecule has 0 atom stereocenters. The number of rotatable bonds is 3. The minimum Gasteiger partial charge on any atom is -0.438 e. The van der Waals surface area contributed by atoms with E-state index in [1.165, 1.54) is 0 Å². The number of aromatic nitrogens is 1. The Morgan fingerprint density at radius 1 is 1.33 bits per heavy atom. The zero-order valence-electron chi connectivity index (χ0n) is 9.43. The summed E-state index contributed by atoms with van der Waals surface area (Å²) in [6.45, 7) is 0. The summed E-state index contributed by atoms with van der Waals surface area (Å²) in [6, 6.07) is 10.9. The van der Waals surface area contributed by atoms with Crippen LogP contribution in [-0.4, -0.2) is 4.98 Å². The van der Waals surface area contributed by atoms with Crippen LogP contribution < -0.4 is 10.5 Å². The second-order valence-corrected chi connectivity index (χ2v) is 4.49. The Kier molecular flexibility index (Phi) is 3.80. The molecule has 90 valence electrons. The Balaban J connectivity index is 2.16. The first-order valence-electron chi connectivity index (χ1n) is 5.24. The van der Waals surface area contributed by atoms with E-state index in [1.54, 1.807) is 30.5 Å². The summed E-state index contributed by atoms with van der Waals surface area (Å²) in [6.07, 6.45) is 1.97. The molecule has 0 unspecified atom stereocenters. The van der Waals surface area contributed by atoms with Gasteiger partial charge in [-0.15, -0.1) is 0 Å². The average Bonchev–Trinajstić information content (AvgIpc) is 2.35. The Bertz CT molecular complexity index is 590. The third kappa shape index (κ3) is 2.99. The van der Waals surface area contributed by atoms with Crippen molar-refractivity contribution < 1.29 is 4.74 Å². The molecule has 0 aliphatic carbocycles. The highest BCUT2D eigenvalue weighted by Gasteiger charge is 2.04. The minimum absolute atomic E-state index is 0.346. The van der Waals surface area contributed by atoms with Gasteiger partial charge in [-0.05, 0) is 39.7 Å². The van der Waals surface area contributed by atoms with Gasteiger partial charge in [-0.25, -0.2) is 4.98 Å². The van der Waals surface area contributed by atoms with E-state index < -0.39 is 0 Å². The number of benzene rings is 1. The largest absolute Gasteiger partial charge is 0.438 e. The lowest BCUT2D eigenvalue weighted by Crippen LogP contribution is -1.91. The van der Waals surface area contributed by atoms with Gasteiger partial charge in [0.05, 0.1) is 17.0 Å². The highest BCUT2D eigenvalue weighted by molar-refractivity contribution is 9.10. The van der Waals surface area contributed by atoms with Crippen LogP contribution in [0, 0.1) is 11.3 Å². The maximum atomic E-state index is 8.56. The maximum absolute atomic E-state index is 8.56. The van der Waals surface area contributed by atoms with Gasteiger partial charge >= 0.3 is 0 Å². The zero-order chi connectivity index (χ0) is 13.0. The SMILES string of the molecule is N#CCc1ccc(Oc2ccc(N)cc2Br)nc1. The molecule has 0 fully saturated rings. The Hall–Kier alpha value is -2.06. The summed E-state index contributed by atoms with van der Waals surface area (Å²) < 4.78 is 6.37. The van der Waals surface area contributed by atoms with Crippen LogP contribution in [0.4, 0.5) is 5.69 Å². The molecule has 18 heavy (non-hydrogen) atoms. The van der Waals surface area contributed by atoms with E-state index in [9.17, 15) is 0 Å². The molecule has 1 heterocycles. The summed E-state index contributed by atoms with van der Waals surface area (Å²) in [7, 11) is 0. The van der Waals surface area contributed by atoms with Crippen molar-refractivity contribution in [2.24, 2.45) is 0 Å². The molecule has 0 aliphatic heterocycles. The van der Waals surface area contributed by atoms with Gasteiger partial charge in [-0.1, -0.05) is 6.07 Å². The molecule has 1 aromatic heterocycles. The maximum Gasteiger partial charge on any atom is 0.219 e. The van der Waals surface area contributed by atoms with Crippen LogP contribution in [0.15, 0.2) is 41.0 Å². The number of nitrogen functional groups attached to an aromatic ring is 1. The molecular weight excluding hydrogens is 294 g/mol. The lowest BCUT2D eigenvalue weighted by molar-refractivity contribution is 0.460. The fraction of sp³-hybridized carbons (Fsp3) is 0.0769. The van der Waals surface area contributed by atoms with Gasteiger partial charge in [0.25, 0.3) is 0 Å². The monoisotopic (exact) mass is 303 g/mol. The molecule has 0 amide bonds. The molecule has 0 saturated heterocycles. The number of anilines is 1. The van der Waals surface area contributed by atoms with Crippen molar-refractivity contribution >= 4 is 21.6 Å². The van der Waals surface area contributed by atoms with Crippen LogP contribution in [0.1, 0.15) is 5.56 Å². The summed E-state index contributed by atoms with van der Waals surface area (Å²) in [5.74, 6) is 1.12. The molecule has 0 bridgehead atoms. The highest BCUT2D eigenvalue weighted by Crippen LogP contribution is 2.30. The van der Waals surface area contributed by atoms with Crippen molar-refractivity contribution in [3.05, 3.63) is 46.6 Å². The number of nitriles is 1. The predicted octanol–water partition coefficient (Wildman–Crippen LogP) is 3.28.